The van der Waals surface area contributed by atoms with E-state index in [2.05, 4.69) is 161 Å². The molecule has 0 bridgehead atoms. The van der Waals surface area contributed by atoms with Crippen molar-refractivity contribution in [3.8, 4) is 79.4 Å². The highest BCUT2D eigenvalue weighted by Crippen LogP contribution is 2.43. The van der Waals surface area contributed by atoms with E-state index in [1.165, 1.54) is 0 Å². The maximum Gasteiger partial charge on any atom is 0.104 e. The van der Waals surface area contributed by atoms with Gasteiger partial charge >= 0.3 is 0 Å². The van der Waals surface area contributed by atoms with Crippen molar-refractivity contribution in [3.05, 3.63) is 229 Å². The van der Waals surface area contributed by atoms with E-state index in [9.17, 15) is 10.5 Å². The lowest BCUT2D eigenvalue weighted by Gasteiger charge is -2.19. The molecular formula is C61H38N6. The van der Waals surface area contributed by atoms with Crippen LogP contribution in [0.3, 0.4) is 0 Å². The molecule has 0 aliphatic carbocycles. The summed E-state index contributed by atoms with van der Waals surface area (Å²) in [5, 5.41) is 26.0. The summed E-state index contributed by atoms with van der Waals surface area (Å²) in [6.45, 7) is 2.02. The summed E-state index contributed by atoms with van der Waals surface area (Å²) in [4.78, 5) is 9.69. The number of aryl methyl sites for hydroxylation is 1. The number of para-hydroxylation sites is 2. The summed E-state index contributed by atoms with van der Waals surface area (Å²) in [5.74, 6) is 0. The van der Waals surface area contributed by atoms with Crippen LogP contribution in [0.4, 0.5) is 0 Å². The van der Waals surface area contributed by atoms with Crippen LogP contribution in [0.5, 0.6) is 0 Å². The maximum absolute atomic E-state index is 11.6. The van der Waals surface area contributed by atoms with Crippen molar-refractivity contribution in [2.45, 2.75) is 6.92 Å². The molecule has 0 saturated carbocycles. The Morgan fingerprint density at radius 2 is 0.836 bits per heavy atom. The van der Waals surface area contributed by atoms with E-state index in [-0.39, 0.29) is 0 Å². The normalized spacial score (nSPS) is 11.3. The molecular weight excluding hydrogens is 817 g/mol. The summed E-state index contributed by atoms with van der Waals surface area (Å²) in [5.41, 5.74) is 17.3. The van der Waals surface area contributed by atoms with Crippen LogP contribution < -0.4 is 0 Å². The zero-order valence-electron chi connectivity index (χ0n) is 36.4. The summed E-state index contributed by atoms with van der Waals surface area (Å²) in [7, 11) is 0. The molecule has 0 spiro atoms. The van der Waals surface area contributed by atoms with E-state index in [4.69, 9.17) is 9.97 Å². The van der Waals surface area contributed by atoms with Gasteiger partial charge in [-0.3, -0.25) is 9.97 Å². The Morgan fingerprint density at radius 3 is 1.33 bits per heavy atom. The highest BCUT2D eigenvalue weighted by molar-refractivity contribution is 6.13. The highest BCUT2D eigenvalue weighted by atomic mass is 15.0. The van der Waals surface area contributed by atoms with E-state index in [1.54, 1.807) is 0 Å². The van der Waals surface area contributed by atoms with Crippen LogP contribution in [-0.4, -0.2) is 19.1 Å². The Morgan fingerprint density at radius 1 is 0.373 bits per heavy atom. The summed E-state index contributed by atoms with van der Waals surface area (Å²) < 4.78 is 4.48. The Kier molecular flexibility index (Phi) is 9.38. The molecule has 0 unspecified atom stereocenters. The Bertz CT molecular complexity index is 3790. The first-order chi connectivity index (χ1) is 33.1. The second-order valence-electron chi connectivity index (χ2n) is 16.9. The number of rotatable bonds is 7. The lowest BCUT2D eigenvalue weighted by Crippen LogP contribution is -2.05. The molecule has 0 radical (unpaired) electrons. The van der Waals surface area contributed by atoms with E-state index < -0.39 is 0 Å². The smallest absolute Gasteiger partial charge is 0.104 e. The lowest BCUT2D eigenvalue weighted by molar-refractivity contribution is 1.12. The van der Waals surface area contributed by atoms with Crippen LogP contribution in [0.2, 0.25) is 0 Å². The third-order valence-electron chi connectivity index (χ3n) is 12.9. The lowest BCUT2D eigenvalue weighted by atomic mass is 9.96. The Balaban J connectivity index is 1.13. The van der Waals surface area contributed by atoms with Gasteiger partial charge < -0.3 is 9.13 Å². The molecule has 4 heterocycles. The molecule has 4 aromatic heterocycles. The third-order valence-corrected chi connectivity index (χ3v) is 12.9. The van der Waals surface area contributed by atoms with Gasteiger partial charge in [0.15, 0.2) is 0 Å². The monoisotopic (exact) mass is 854 g/mol. The maximum atomic E-state index is 11.6. The zero-order chi connectivity index (χ0) is 45.0. The summed E-state index contributed by atoms with van der Waals surface area (Å²) in [6, 6.07) is 74.1. The fourth-order valence-electron chi connectivity index (χ4n) is 9.99. The predicted molar refractivity (Wildman–Crippen MR) is 272 cm³/mol. The van der Waals surface area contributed by atoms with Crippen molar-refractivity contribution >= 4 is 43.6 Å². The Hall–Kier alpha value is -9.36. The first-order valence-electron chi connectivity index (χ1n) is 22.3. The molecule has 0 saturated heterocycles. The average Bonchev–Trinajstić information content (AvgIpc) is 3.90. The van der Waals surface area contributed by atoms with Gasteiger partial charge in [0.05, 0.1) is 56.5 Å². The summed E-state index contributed by atoms with van der Waals surface area (Å²) >= 11 is 0. The van der Waals surface area contributed by atoms with Gasteiger partial charge in [-0.25, -0.2) is 0 Å². The van der Waals surface area contributed by atoms with Crippen LogP contribution in [0.25, 0.3) is 111 Å². The second-order valence-corrected chi connectivity index (χ2v) is 16.9. The fourth-order valence-corrected chi connectivity index (χ4v) is 9.99. The van der Waals surface area contributed by atoms with Crippen molar-refractivity contribution < 1.29 is 0 Å². The standard InChI is InChI=1S/C61H38N6/c1-39-30-40(37-62)32-45(31-39)46-35-58(66-54-22-10-8-18-49(54)51-33-43(24-26-56(51)66)47-20-12-28-64-60(47)41-14-4-2-5-15-41)53(38-63)59(36-46)67-55-23-11-9-19-50(55)52-34-44(25-27-57(52)67)48-21-13-29-65-61(48)42-16-6-3-7-17-42/h2-36H,1H3. The minimum absolute atomic E-state index is 0.521. The first-order valence-corrected chi connectivity index (χ1v) is 22.3. The molecule has 6 heteroatoms. The molecule has 0 N–H and O–H groups in total. The van der Waals surface area contributed by atoms with Crippen molar-refractivity contribution in [1.29, 1.82) is 10.5 Å². The minimum atomic E-state index is 0.521. The van der Waals surface area contributed by atoms with E-state index >= 15 is 0 Å². The summed E-state index contributed by atoms with van der Waals surface area (Å²) in [6.07, 6.45) is 3.69. The SMILES string of the molecule is Cc1cc(C#N)cc(-c2cc(-n3c4ccccc4c4cc(-c5cccnc5-c5ccccc5)ccc43)c(C#N)c(-n3c4ccccc4c4cc(-c5cccnc5-c5ccccc5)ccc43)c2)c1. The quantitative estimate of drug-likeness (QED) is 0.160. The van der Waals surface area contributed by atoms with Crippen LogP contribution in [0.15, 0.2) is 213 Å². The third kappa shape index (κ3) is 6.55. The Labute approximate surface area is 387 Å². The van der Waals surface area contributed by atoms with Crippen molar-refractivity contribution in [1.82, 2.24) is 19.1 Å². The first kappa shape index (κ1) is 39.2. The van der Waals surface area contributed by atoms with Gasteiger partial charge in [0.1, 0.15) is 11.6 Å². The number of fused-ring (bicyclic) bond motifs is 6. The van der Waals surface area contributed by atoms with E-state index in [0.29, 0.717) is 11.1 Å². The van der Waals surface area contributed by atoms with Gasteiger partial charge in [-0.05, 0) is 108 Å². The molecule has 12 rings (SSSR count). The number of hydrogen-bond donors (Lipinski definition) is 0. The zero-order valence-corrected chi connectivity index (χ0v) is 36.4. The average molecular weight is 855 g/mol. The van der Waals surface area contributed by atoms with Crippen molar-refractivity contribution in [2.24, 2.45) is 0 Å². The molecule has 12 aromatic rings. The van der Waals surface area contributed by atoms with E-state index in [0.717, 1.165) is 116 Å². The predicted octanol–water partition coefficient (Wildman–Crippen LogP) is 15.1. The number of aromatic nitrogens is 4. The molecule has 67 heavy (non-hydrogen) atoms. The molecule has 312 valence electrons. The fraction of sp³-hybridized carbons (Fsp3) is 0.0164. The topological polar surface area (TPSA) is 83.2 Å². The van der Waals surface area contributed by atoms with Crippen molar-refractivity contribution in [3.63, 3.8) is 0 Å². The van der Waals surface area contributed by atoms with Crippen LogP contribution in [0, 0.1) is 29.6 Å². The number of hydrogen-bond acceptors (Lipinski definition) is 4. The van der Waals surface area contributed by atoms with Gasteiger partial charge in [-0.15, -0.1) is 0 Å². The van der Waals surface area contributed by atoms with Gasteiger partial charge in [-0.1, -0.05) is 127 Å². The minimum Gasteiger partial charge on any atom is -0.308 e. The molecule has 0 aliphatic rings. The van der Waals surface area contributed by atoms with Gasteiger partial charge in [0, 0.05) is 56.2 Å². The number of pyridine rings is 2. The number of benzene rings is 8. The molecule has 8 aromatic carbocycles. The molecule has 0 aliphatic heterocycles. The van der Waals surface area contributed by atoms with Crippen LogP contribution in [0.1, 0.15) is 16.7 Å². The van der Waals surface area contributed by atoms with Gasteiger partial charge in [0.2, 0.25) is 0 Å². The highest BCUT2D eigenvalue weighted by Gasteiger charge is 2.24. The van der Waals surface area contributed by atoms with E-state index in [1.807, 2.05) is 80.0 Å². The van der Waals surface area contributed by atoms with Gasteiger partial charge in [0.25, 0.3) is 0 Å². The molecule has 0 amide bonds. The van der Waals surface area contributed by atoms with Crippen molar-refractivity contribution in [2.75, 3.05) is 0 Å². The molecule has 0 atom stereocenters. The number of nitriles is 2. The van der Waals surface area contributed by atoms with Crippen LogP contribution >= 0.6 is 0 Å². The van der Waals surface area contributed by atoms with Crippen LogP contribution in [-0.2, 0) is 0 Å². The number of nitrogens with zero attached hydrogens (tertiary/aromatic N) is 6. The largest absolute Gasteiger partial charge is 0.308 e. The molecule has 6 nitrogen and oxygen atoms in total. The molecule has 0 fully saturated rings. The second kappa shape index (κ2) is 16.0. The van der Waals surface area contributed by atoms with Gasteiger partial charge in [-0.2, -0.15) is 10.5 Å².